The van der Waals surface area contributed by atoms with Gasteiger partial charge in [0, 0.05) is 17.3 Å². The zero-order valence-electron chi connectivity index (χ0n) is 14.9. The maximum Gasteiger partial charge on any atom is 0.360 e. The van der Waals surface area contributed by atoms with Crippen molar-refractivity contribution < 1.29 is 18.7 Å². The van der Waals surface area contributed by atoms with Gasteiger partial charge in [-0.05, 0) is 33.6 Å². The average Bonchev–Trinajstić information content (AvgIpc) is 2.74. The van der Waals surface area contributed by atoms with Crippen molar-refractivity contribution in [2.45, 2.75) is 6.61 Å². The molecular formula is C20H15BrFN3O3. The number of halogens is 2. The fourth-order valence-electron chi connectivity index (χ4n) is 3.05. The number of hydrazone groups is 1. The molecule has 0 aliphatic carbocycles. The van der Waals surface area contributed by atoms with Gasteiger partial charge in [0.05, 0.1) is 18.1 Å². The molecule has 0 unspecified atom stereocenters. The normalized spacial score (nSPS) is 15.0. The van der Waals surface area contributed by atoms with E-state index in [4.69, 9.17) is 9.47 Å². The van der Waals surface area contributed by atoms with E-state index in [1.54, 1.807) is 12.3 Å². The van der Waals surface area contributed by atoms with E-state index in [0.29, 0.717) is 23.5 Å². The second kappa shape index (κ2) is 7.55. The highest BCUT2D eigenvalue weighted by molar-refractivity contribution is 9.10. The molecule has 2 aliphatic rings. The number of carbonyl (C=O) groups is 1. The van der Waals surface area contributed by atoms with Gasteiger partial charge in [-0.1, -0.05) is 30.3 Å². The number of esters is 1. The van der Waals surface area contributed by atoms with Crippen LogP contribution in [-0.2, 0) is 20.9 Å². The Hall–Kier alpha value is -3.00. The average molecular weight is 444 g/mol. The molecule has 0 saturated heterocycles. The first-order valence-electron chi connectivity index (χ1n) is 8.47. The van der Waals surface area contributed by atoms with E-state index >= 15 is 0 Å². The van der Waals surface area contributed by atoms with Crippen molar-refractivity contribution >= 4 is 39.7 Å². The molecular weight excluding hydrogens is 429 g/mol. The Morgan fingerprint density at radius 1 is 1.25 bits per heavy atom. The van der Waals surface area contributed by atoms with E-state index in [-0.39, 0.29) is 22.5 Å². The molecule has 0 aromatic heterocycles. The number of ether oxygens (including phenoxy) is 2. The van der Waals surface area contributed by atoms with Crippen molar-refractivity contribution in [3.8, 4) is 0 Å². The first kappa shape index (κ1) is 18.4. The van der Waals surface area contributed by atoms with E-state index in [1.807, 2.05) is 30.3 Å². The molecule has 0 spiro atoms. The highest BCUT2D eigenvalue weighted by Crippen LogP contribution is 2.39. The maximum atomic E-state index is 14.3. The Morgan fingerprint density at radius 3 is 2.79 bits per heavy atom. The first-order chi connectivity index (χ1) is 13.6. The summed E-state index contributed by atoms with van der Waals surface area (Å²) in [6.07, 6.45) is 1.56. The van der Waals surface area contributed by atoms with Crippen LogP contribution in [-0.4, -0.2) is 36.7 Å². The van der Waals surface area contributed by atoms with Gasteiger partial charge in [0.25, 0.3) is 0 Å². The summed E-state index contributed by atoms with van der Waals surface area (Å²) in [5.74, 6) is -0.457. The lowest BCUT2D eigenvalue weighted by atomic mass is 9.98. The van der Waals surface area contributed by atoms with Crippen LogP contribution in [0, 0.1) is 5.82 Å². The Balaban J connectivity index is 1.89. The number of nitrogens with zero attached hydrogens (tertiary/aromatic N) is 3. The van der Waals surface area contributed by atoms with Gasteiger partial charge in [-0.2, -0.15) is 5.10 Å². The molecule has 0 bridgehead atoms. The van der Waals surface area contributed by atoms with Crippen molar-refractivity contribution in [2.75, 3.05) is 13.7 Å². The van der Waals surface area contributed by atoms with E-state index < -0.39 is 11.8 Å². The molecule has 2 heterocycles. The maximum absolute atomic E-state index is 14.3. The lowest BCUT2D eigenvalue weighted by molar-refractivity contribution is -0.137. The summed E-state index contributed by atoms with van der Waals surface area (Å²) in [5, 5.41) is 5.61. The van der Waals surface area contributed by atoms with Crippen LogP contribution in [0.2, 0.25) is 0 Å². The molecule has 0 saturated carbocycles. The molecule has 6 nitrogen and oxygen atoms in total. The minimum atomic E-state index is -0.624. The van der Waals surface area contributed by atoms with Crippen LogP contribution in [0.1, 0.15) is 16.7 Å². The summed E-state index contributed by atoms with van der Waals surface area (Å²) >= 11 is 3.30. The van der Waals surface area contributed by atoms with Gasteiger partial charge >= 0.3 is 5.97 Å². The van der Waals surface area contributed by atoms with Gasteiger partial charge in [-0.25, -0.2) is 14.2 Å². The smallest absolute Gasteiger partial charge is 0.360 e. The van der Waals surface area contributed by atoms with Crippen LogP contribution in [0.5, 0.6) is 0 Å². The van der Waals surface area contributed by atoms with Crippen LogP contribution >= 0.6 is 15.9 Å². The van der Waals surface area contributed by atoms with E-state index in [9.17, 15) is 9.18 Å². The third-order valence-electron chi connectivity index (χ3n) is 4.32. The Kier molecular flexibility index (Phi) is 4.95. The Morgan fingerprint density at radius 2 is 2.04 bits per heavy atom. The predicted octanol–water partition coefficient (Wildman–Crippen LogP) is 3.71. The van der Waals surface area contributed by atoms with E-state index in [0.717, 1.165) is 5.56 Å². The predicted molar refractivity (Wildman–Crippen MR) is 106 cm³/mol. The van der Waals surface area contributed by atoms with E-state index in [1.165, 1.54) is 18.2 Å². The topological polar surface area (TPSA) is 63.5 Å². The molecule has 4 rings (SSSR count). The van der Waals surface area contributed by atoms with Crippen molar-refractivity contribution in [3.05, 3.63) is 75.1 Å². The summed E-state index contributed by atoms with van der Waals surface area (Å²) in [6.45, 7) is 0.540. The van der Waals surface area contributed by atoms with Gasteiger partial charge in [0.1, 0.15) is 12.4 Å². The Labute approximate surface area is 169 Å². The number of hydrogen-bond donors (Lipinski definition) is 0. The molecule has 0 radical (unpaired) electrons. The van der Waals surface area contributed by atoms with Gasteiger partial charge in [-0.15, -0.1) is 0 Å². The lowest BCUT2D eigenvalue weighted by Gasteiger charge is -2.32. The molecule has 0 fully saturated rings. The molecule has 28 heavy (non-hydrogen) atoms. The second-order valence-corrected chi connectivity index (χ2v) is 6.79. The highest BCUT2D eigenvalue weighted by atomic mass is 79.9. The fourth-order valence-corrected chi connectivity index (χ4v) is 3.57. The Bertz CT molecular complexity index is 1030. The minimum Gasteiger partial charge on any atom is -0.486 e. The van der Waals surface area contributed by atoms with Crippen LogP contribution in [0.25, 0.3) is 5.76 Å². The number of carbonyl (C=O) groups excluding carboxylic acids is 1. The van der Waals surface area contributed by atoms with Gasteiger partial charge in [0.2, 0.25) is 0 Å². The number of methoxy groups -OCH3 is 1. The third kappa shape index (κ3) is 3.09. The van der Waals surface area contributed by atoms with Gasteiger partial charge < -0.3 is 9.47 Å². The van der Waals surface area contributed by atoms with Crippen molar-refractivity contribution in [2.24, 2.45) is 10.1 Å². The van der Waals surface area contributed by atoms with Gasteiger partial charge in [0.15, 0.2) is 17.3 Å². The zero-order chi connectivity index (χ0) is 19.7. The molecule has 142 valence electrons. The molecule has 0 N–H and O–H groups in total. The number of aliphatic imine (C=N–C) groups is 1. The summed E-state index contributed by atoms with van der Waals surface area (Å²) in [7, 11) is 1.28. The molecule has 2 aromatic rings. The third-order valence-corrected chi connectivity index (χ3v) is 5.09. The molecule has 0 atom stereocenters. The van der Waals surface area contributed by atoms with Crippen LogP contribution in [0.3, 0.4) is 0 Å². The number of fused-ring (bicyclic) bond motifs is 3. The summed E-state index contributed by atoms with van der Waals surface area (Å²) in [6, 6.07) is 12.4. The van der Waals surface area contributed by atoms with Crippen molar-refractivity contribution in [1.82, 2.24) is 5.01 Å². The zero-order valence-corrected chi connectivity index (χ0v) is 16.4. The molecule has 8 heteroatoms. The number of rotatable bonds is 4. The van der Waals surface area contributed by atoms with Crippen LogP contribution in [0.4, 0.5) is 4.39 Å². The standard InChI is InChI=1S/C20H15BrFN3O3/c1-27-20(26)17-18(28-11-12-5-3-2-4-6-12)13-7-8-14(22)16(21)15(13)19-23-9-10-24-25(17)19/h2-8,10H,9,11H2,1H3. The summed E-state index contributed by atoms with van der Waals surface area (Å²) in [5.41, 5.74) is 2.03. The lowest BCUT2D eigenvalue weighted by Crippen LogP contribution is -2.38. The van der Waals surface area contributed by atoms with E-state index in [2.05, 4.69) is 26.0 Å². The van der Waals surface area contributed by atoms with Crippen molar-refractivity contribution in [1.29, 1.82) is 0 Å². The van der Waals surface area contributed by atoms with Gasteiger partial charge in [-0.3, -0.25) is 4.99 Å². The number of amidine groups is 1. The summed E-state index contributed by atoms with van der Waals surface area (Å²) in [4.78, 5) is 17.0. The first-order valence-corrected chi connectivity index (χ1v) is 9.26. The quantitative estimate of drug-likeness (QED) is 0.675. The monoisotopic (exact) mass is 443 g/mol. The second-order valence-electron chi connectivity index (χ2n) is 6.00. The highest BCUT2D eigenvalue weighted by Gasteiger charge is 2.38. The van der Waals surface area contributed by atoms with Crippen molar-refractivity contribution in [3.63, 3.8) is 0 Å². The molecule has 2 aliphatic heterocycles. The molecule has 0 amide bonds. The molecule has 2 aromatic carbocycles. The van der Waals surface area contributed by atoms with Crippen LogP contribution < -0.4 is 0 Å². The minimum absolute atomic E-state index is 0.0964. The van der Waals surface area contributed by atoms with Crippen LogP contribution in [0.15, 0.2) is 62.7 Å². The fraction of sp³-hybridized carbons (Fsp3) is 0.150. The largest absolute Gasteiger partial charge is 0.486 e. The SMILES string of the molecule is COC(=O)C1=C(OCc2ccccc2)c2ccc(F)c(Br)c2C2=NCC=NN21. The number of benzene rings is 2. The summed E-state index contributed by atoms with van der Waals surface area (Å²) < 4.78 is 25.5. The number of hydrogen-bond acceptors (Lipinski definition) is 6.